The van der Waals surface area contributed by atoms with Crippen molar-refractivity contribution in [3.05, 3.63) is 196 Å². The summed E-state index contributed by atoms with van der Waals surface area (Å²) in [4.78, 5) is 12.7. The number of benzene rings is 7. The quantitative estimate of drug-likeness (QED) is 0.183. The van der Waals surface area contributed by atoms with E-state index in [2.05, 4.69) is 184 Å². The van der Waals surface area contributed by atoms with Crippen molar-refractivity contribution in [2.45, 2.75) is 46.0 Å². The van der Waals surface area contributed by atoms with Crippen molar-refractivity contribution in [1.29, 1.82) is 0 Å². The number of aromatic nitrogens is 2. The summed E-state index contributed by atoms with van der Waals surface area (Å²) in [6, 6.07) is 55.7. The van der Waals surface area contributed by atoms with Crippen LogP contribution in [0.2, 0.25) is 0 Å². The third-order valence-corrected chi connectivity index (χ3v) is 11.7. The fourth-order valence-electron chi connectivity index (χ4n) is 8.63. The Morgan fingerprint density at radius 1 is 0.463 bits per heavy atom. The zero-order chi connectivity index (χ0) is 36.6. The molecule has 10 rings (SSSR count). The van der Waals surface area contributed by atoms with Crippen LogP contribution in [0.1, 0.15) is 58.4 Å². The molecule has 3 heteroatoms. The number of aryl methyl sites for hydroxylation is 2. The van der Waals surface area contributed by atoms with Crippen LogP contribution in [0.25, 0.3) is 44.7 Å². The second-order valence-corrected chi connectivity index (χ2v) is 15.7. The normalized spacial score (nSPS) is 13.9. The minimum Gasteiger partial charge on any atom is -0.310 e. The molecule has 54 heavy (non-hydrogen) atoms. The largest absolute Gasteiger partial charge is 0.310 e. The molecule has 0 saturated carbocycles. The fourth-order valence-corrected chi connectivity index (χ4v) is 8.63. The molecule has 0 unspecified atom stereocenters. The molecule has 0 bridgehead atoms. The predicted molar refractivity (Wildman–Crippen MR) is 224 cm³/mol. The molecule has 0 fully saturated rings. The highest BCUT2D eigenvalue weighted by atomic mass is 15.2. The Balaban J connectivity index is 1.01. The van der Waals surface area contributed by atoms with E-state index in [0.717, 1.165) is 46.7 Å². The van der Waals surface area contributed by atoms with Crippen LogP contribution in [0.15, 0.2) is 152 Å². The second-order valence-electron chi connectivity index (χ2n) is 15.7. The van der Waals surface area contributed by atoms with Crippen LogP contribution in [0, 0.1) is 13.8 Å². The number of hydrogen-bond acceptors (Lipinski definition) is 3. The van der Waals surface area contributed by atoms with Gasteiger partial charge in [0.2, 0.25) is 0 Å². The number of para-hydroxylation sites is 2. The molecular weight excluding hydrogens is 655 g/mol. The summed E-state index contributed by atoms with van der Waals surface area (Å²) >= 11 is 0. The lowest BCUT2D eigenvalue weighted by molar-refractivity contribution is 0.632. The minimum absolute atomic E-state index is 0.0723. The van der Waals surface area contributed by atoms with Gasteiger partial charge < -0.3 is 4.90 Å². The molecule has 7 aromatic carbocycles. The third kappa shape index (κ3) is 5.42. The number of fused-ring (bicyclic) bond motifs is 5. The van der Waals surface area contributed by atoms with Crippen LogP contribution in [0.4, 0.5) is 17.1 Å². The molecule has 8 aromatic rings. The first kappa shape index (κ1) is 32.3. The zero-order valence-corrected chi connectivity index (χ0v) is 31.2. The zero-order valence-electron chi connectivity index (χ0n) is 31.2. The van der Waals surface area contributed by atoms with E-state index in [1.54, 1.807) is 0 Å². The fraction of sp³-hybridized carbons (Fsp3) is 0.137. The molecule has 2 aliphatic rings. The molecular formula is C51H41N3. The van der Waals surface area contributed by atoms with E-state index in [0.29, 0.717) is 0 Å². The lowest BCUT2D eigenvalue weighted by atomic mass is 9.73. The molecule has 0 N–H and O–H groups in total. The molecule has 0 amide bonds. The number of rotatable bonds is 4. The summed E-state index contributed by atoms with van der Waals surface area (Å²) in [6.07, 6.45) is 1.84. The molecule has 260 valence electrons. The molecule has 1 aliphatic carbocycles. The average molecular weight is 696 g/mol. The Kier molecular flexibility index (Phi) is 7.42. The lowest BCUT2D eigenvalue weighted by Gasteiger charge is -2.42. The van der Waals surface area contributed by atoms with Gasteiger partial charge in [0.05, 0.1) is 22.8 Å². The summed E-state index contributed by atoms with van der Waals surface area (Å²) < 4.78 is 0. The SMILES string of the molecule is Cc1ccc(-c2cc(-c3ccc(C)cc3)nc(-c3ccc4cc5c(cc4c3)Cc3ccc(N4c6ccccc6C(C)(C)c6ccccc64)cc3C5)n2)cc1. The Morgan fingerprint density at radius 3 is 1.59 bits per heavy atom. The van der Waals surface area contributed by atoms with Crippen molar-refractivity contribution < 1.29 is 0 Å². The van der Waals surface area contributed by atoms with E-state index >= 15 is 0 Å². The summed E-state index contributed by atoms with van der Waals surface area (Å²) in [5, 5.41) is 2.46. The van der Waals surface area contributed by atoms with Crippen molar-refractivity contribution in [3.63, 3.8) is 0 Å². The van der Waals surface area contributed by atoms with Gasteiger partial charge in [-0.15, -0.1) is 0 Å². The maximum Gasteiger partial charge on any atom is 0.160 e. The van der Waals surface area contributed by atoms with E-state index in [4.69, 9.17) is 9.97 Å². The van der Waals surface area contributed by atoms with Gasteiger partial charge >= 0.3 is 0 Å². The molecule has 0 saturated heterocycles. The van der Waals surface area contributed by atoms with Gasteiger partial charge in [0, 0.05) is 27.8 Å². The average Bonchev–Trinajstić information content (AvgIpc) is 3.19. The summed E-state index contributed by atoms with van der Waals surface area (Å²) in [6.45, 7) is 8.92. The standard InChI is InChI=1S/C51H41N3/c1-32-13-17-34(18-14-32)46-31-47(35-19-15-33(2)16-20-35)53-50(52-46)38-22-21-36-25-41-29-42-30-43(24-23-37(42)26-40(41)28-39(36)27-38)54-48-11-7-5-9-44(48)51(3,4)45-10-6-8-12-49(45)54/h5-25,27-28,30-31H,26,29H2,1-4H3. The van der Waals surface area contributed by atoms with E-state index < -0.39 is 0 Å². The Bertz CT molecular complexity index is 2640. The van der Waals surface area contributed by atoms with Crippen molar-refractivity contribution in [1.82, 2.24) is 9.97 Å². The van der Waals surface area contributed by atoms with Crippen molar-refractivity contribution in [2.24, 2.45) is 0 Å². The smallest absolute Gasteiger partial charge is 0.160 e. The van der Waals surface area contributed by atoms with Crippen LogP contribution in [-0.2, 0) is 18.3 Å². The van der Waals surface area contributed by atoms with Gasteiger partial charge in [0.1, 0.15) is 0 Å². The predicted octanol–water partition coefficient (Wildman–Crippen LogP) is 12.9. The van der Waals surface area contributed by atoms with Crippen LogP contribution in [-0.4, -0.2) is 9.97 Å². The maximum absolute atomic E-state index is 5.14. The third-order valence-electron chi connectivity index (χ3n) is 11.7. The molecule has 0 atom stereocenters. The molecule has 1 aromatic heterocycles. The highest BCUT2D eigenvalue weighted by molar-refractivity contribution is 5.89. The number of anilines is 3. The van der Waals surface area contributed by atoms with Crippen molar-refractivity contribution in [3.8, 4) is 33.9 Å². The maximum atomic E-state index is 5.14. The Hall–Kier alpha value is -6.32. The number of hydrogen-bond donors (Lipinski definition) is 0. The van der Waals surface area contributed by atoms with Gasteiger partial charge in [0.25, 0.3) is 0 Å². The summed E-state index contributed by atoms with van der Waals surface area (Å²) in [5.74, 6) is 0.741. The topological polar surface area (TPSA) is 29.0 Å². The van der Waals surface area contributed by atoms with Gasteiger partial charge in [0.15, 0.2) is 5.82 Å². The minimum atomic E-state index is -0.0723. The second kappa shape index (κ2) is 12.4. The summed E-state index contributed by atoms with van der Waals surface area (Å²) in [7, 11) is 0. The van der Waals surface area contributed by atoms with E-state index in [1.165, 1.54) is 72.3 Å². The van der Waals surface area contributed by atoms with Gasteiger partial charge in [-0.05, 0) is 107 Å². The lowest BCUT2D eigenvalue weighted by Crippen LogP contribution is -2.30. The van der Waals surface area contributed by atoms with E-state index in [-0.39, 0.29) is 5.41 Å². The van der Waals surface area contributed by atoms with Gasteiger partial charge in [-0.3, -0.25) is 0 Å². The monoisotopic (exact) mass is 695 g/mol. The highest BCUT2D eigenvalue weighted by Crippen LogP contribution is 2.52. The van der Waals surface area contributed by atoms with Crippen LogP contribution >= 0.6 is 0 Å². The molecule has 0 radical (unpaired) electrons. The summed E-state index contributed by atoms with van der Waals surface area (Å²) in [5.41, 5.74) is 19.5. The van der Waals surface area contributed by atoms with Gasteiger partial charge in [-0.25, -0.2) is 9.97 Å². The number of nitrogens with zero attached hydrogens (tertiary/aromatic N) is 3. The molecule has 1 aliphatic heterocycles. The first-order chi connectivity index (χ1) is 26.3. The first-order valence-corrected chi connectivity index (χ1v) is 19.0. The van der Waals surface area contributed by atoms with Crippen molar-refractivity contribution in [2.75, 3.05) is 4.90 Å². The Labute approximate surface area is 317 Å². The van der Waals surface area contributed by atoms with Crippen LogP contribution in [0.3, 0.4) is 0 Å². The van der Waals surface area contributed by atoms with Crippen molar-refractivity contribution >= 4 is 27.8 Å². The van der Waals surface area contributed by atoms with E-state index in [9.17, 15) is 0 Å². The molecule has 3 nitrogen and oxygen atoms in total. The highest BCUT2D eigenvalue weighted by Gasteiger charge is 2.36. The van der Waals surface area contributed by atoms with Crippen LogP contribution in [0.5, 0.6) is 0 Å². The first-order valence-electron chi connectivity index (χ1n) is 19.0. The molecule has 2 heterocycles. The van der Waals surface area contributed by atoms with Gasteiger partial charge in [-0.2, -0.15) is 0 Å². The Morgan fingerprint density at radius 2 is 0.981 bits per heavy atom. The van der Waals surface area contributed by atoms with Crippen LogP contribution < -0.4 is 4.90 Å². The van der Waals surface area contributed by atoms with Gasteiger partial charge in [-0.1, -0.05) is 140 Å². The molecule has 0 spiro atoms. The van der Waals surface area contributed by atoms with E-state index in [1.807, 2.05) is 0 Å².